The fourth-order valence-corrected chi connectivity index (χ4v) is 2.98. The quantitative estimate of drug-likeness (QED) is 0.836. The van der Waals surface area contributed by atoms with Crippen LogP contribution >= 0.6 is 11.8 Å². The first kappa shape index (κ1) is 16.1. The largest absolute Gasteiger partial charge is 0.308 e. The van der Waals surface area contributed by atoms with Crippen LogP contribution in [0.15, 0.2) is 52.3 Å². The van der Waals surface area contributed by atoms with Crippen molar-refractivity contribution >= 4 is 11.8 Å². The highest BCUT2D eigenvalue weighted by Crippen LogP contribution is 2.34. The van der Waals surface area contributed by atoms with E-state index in [1.54, 1.807) is 6.07 Å². The number of rotatable bonds is 4. The van der Waals surface area contributed by atoms with Crippen molar-refractivity contribution in [2.45, 2.75) is 49.6 Å². The van der Waals surface area contributed by atoms with E-state index in [1.165, 1.54) is 23.4 Å². The third-order valence-corrected chi connectivity index (χ3v) is 4.50. The Hall–Kier alpha value is -1.32. The van der Waals surface area contributed by atoms with Gasteiger partial charge < -0.3 is 5.32 Å². The first-order valence-corrected chi connectivity index (χ1v) is 7.94. The van der Waals surface area contributed by atoms with E-state index in [1.807, 2.05) is 24.3 Å². The van der Waals surface area contributed by atoms with Crippen molar-refractivity contribution in [2.24, 2.45) is 0 Å². The Morgan fingerprint density at radius 1 is 1.05 bits per heavy atom. The van der Waals surface area contributed by atoms with Gasteiger partial charge in [0, 0.05) is 17.0 Å². The molecule has 21 heavy (non-hydrogen) atoms. The summed E-state index contributed by atoms with van der Waals surface area (Å²) in [7, 11) is 0. The molecule has 112 valence electrons. The van der Waals surface area contributed by atoms with E-state index >= 15 is 0 Å². The Kier molecular flexibility index (Phi) is 5.07. The zero-order valence-corrected chi connectivity index (χ0v) is 13.9. The van der Waals surface area contributed by atoms with Gasteiger partial charge >= 0.3 is 0 Å². The van der Waals surface area contributed by atoms with E-state index in [4.69, 9.17) is 0 Å². The summed E-state index contributed by atoms with van der Waals surface area (Å²) in [5, 5.41) is 3.43. The monoisotopic (exact) mass is 303 g/mol. The molecule has 0 bridgehead atoms. The van der Waals surface area contributed by atoms with Crippen LogP contribution in [-0.2, 0) is 6.54 Å². The molecule has 0 unspecified atom stereocenters. The maximum absolute atomic E-state index is 14.2. The van der Waals surface area contributed by atoms with Gasteiger partial charge in [0.05, 0.1) is 4.90 Å². The van der Waals surface area contributed by atoms with Gasteiger partial charge in [-0.3, -0.25) is 0 Å². The molecule has 0 heterocycles. The van der Waals surface area contributed by atoms with Crippen LogP contribution in [0.1, 0.15) is 31.9 Å². The van der Waals surface area contributed by atoms with Gasteiger partial charge in [-0.15, -0.1) is 0 Å². The summed E-state index contributed by atoms with van der Waals surface area (Å²) in [6.07, 6.45) is 0. The van der Waals surface area contributed by atoms with Crippen LogP contribution in [0, 0.1) is 12.7 Å². The Morgan fingerprint density at radius 2 is 1.76 bits per heavy atom. The number of halogens is 1. The fourth-order valence-electron chi connectivity index (χ4n) is 1.95. The Morgan fingerprint density at radius 3 is 2.43 bits per heavy atom. The molecule has 0 amide bonds. The smallest absolute Gasteiger partial charge is 0.137 e. The van der Waals surface area contributed by atoms with E-state index in [0.29, 0.717) is 11.4 Å². The molecule has 0 aliphatic heterocycles. The molecular weight excluding hydrogens is 281 g/mol. The molecule has 0 atom stereocenters. The van der Waals surface area contributed by atoms with E-state index in [9.17, 15) is 4.39 Å². The summed E-state index contributed by atoms with van der Waals surface area (Å²) in [5.74, 6) is -0.156. The molecule has 0 aliphatic carbocycles. The van der Waals surface area contributed by atoms with Crippen molar-refractivity contribution in [1.82, 2.24) is 5.32 Å². The van der Waals surface area contributed by atoms with E-state index in [0.717, 1.165) is 10.5 Å². The highest BCUT2D eigenvalue weighted by molar-refractivity contribution is 7.99. The second-order valence-electron chi connectivity index (χ2n) is 6.20. The lowest BCUT2D eigenvalue weighted by molar-refractivity contribution is 0.421. The molecule has 2 aromatic rings. The van der Waals surface area contributed by atoms with Gasteiger partial charge in [-0.2, -0.15) is 0 Å². The molecule has 0 radical (unpaired) electrons. The summed E-state index contributed by atoms with van der Waals surface area (Å²) < 4.78 is 14.2. The minimum absolute atomic E-state index is 0.0108. The van der Waals surface area contributed by atoms with E-state index in [2.05, 4.69) is 39.1 Å². The highest BCUT2D eigenvalue weighted by Gasteiger charge is 2.14. The van der Waals surface area contributed by atoms with E-state index in [-0.39, 0.29) is 11.4 Å². The Labute approximate surface area is 131 Å². The van der Waals surface area contributed by atoms with Crippen LogP contribution in [0.2, 0.25) is 0 Å². The highest BCUT2D eigenvalue weighted by atomic mass is 32.2. The maximum Gasteiger partial charge on any atom is 0.137 e. The zero-order valence-electron chi connectivity index (χ0n) is 13.0. The third-order valence-electron chi connectivity index (χ3n) is 3.16. The lowest BCUT2D eigenvalue weighted by Gasteiger charge is -2.22. The molecule has 0 spiro atoms. The van der Waals surface area contributed by atoms with Crippen molar-refractivity contribution < 1.29 is 4.39 Å². The maximum atomic E-state index is 14.2. The van der Waals surface area contributed by atoms with Crippen LogP contribution in [0.3, 0.4) is 0 Å². The van der Waals surface area contributed by atoms with Crippen molar-refractivity contribution in [2.75, 3.05) is 0 Å². The van der Waals surface area contributed by atoms with Gasteiger partial charge in [0.1, 0.15) is 5.82 Å². The summed E-state index contributed by atoms with van der Waals surface area (Å²) in [6, 6.07) is 13.4. The topological polar surface area (TPSA) is 12.0 Å². The lowest BCUT2D eigenvalue weighted by atomic mass is 10.1. The van der Waals surface area contributed by atoms with Crippen LogP contribution in [-0.4, -0.2) is 5.54 Å². The molecule has 1 nitrogen and oxygen atoms in total. The molecule has 2 aromatic carbocycles. The summed E-state index contributed by atoms with van der Waals surface area (Å²) >= 11 is 1.50. The first-order chi connectivity index (χ1) is 9.87. The average Bonchev–Trinajstić information content (AvgIpc) is 2.41. The minimum atomic E-state index is -0.156. The molecule has 0 aliphatic rings. The zero-order chi connectivity index (χ0) is 15.5. The number of hydrogen-bond acceptors (Lipinski definition) is 2. The summed E-state index contributed by atoms with van der Waals surface area (Å²) in [6.45, 7) is 9.05. The SMILES string of the molecule is Cc1ccccc1Sc1c(F)cccc1CNC(C)(C)C. The van der Waals surface area contributed by atoms with Gasteiger partial charge in [0.2, 0.25) is 0 Å². The van der Waals surface area contributed by atoms with Crippen molar-refractivity contribution in [1.29, 1.82) is 0 Å². The van der Waals surface area contributed by atoms with Crippen molar-refractivity contribution in [3.05, 3.63) is 59.4 Å². The normalized spacial score (nSPS) is 11.7. The molecule has 0 saturated heterocycles. The molecule has 2 rings (SSSR count). The molecule has 0 saturated carbocycles. The first-order valence-electron chi connectivity index (χ1n) is 7.13. The third kappa shape index (κ3) is 4.58. The van der Waals surface area contributed by atoms with Crippen LogP contribution < -0.4 is 5.32 Å². The second-order valence-corrected chi connectivity index (χ2v) is 7.25. The predicted molar refractivity (Wildman–Crippen MR) is 88.3 cm³/mol. The van der Waals surface area contributed by atoms with Crippen molar-refractivity contribution in [3.63, 3.8) is 0 Å². The van der Waals surface area contributed by atoms with Gasteiger partial charge in [-0.25, -0.2) is 4.39 Å². The molecular formula is C18H22FNS. The van der Waals surface area contributed by atoms with Gasteiger partial charge in [0.25, 0.3) is 0 Å². The standard InChI is InChI=1S/C18H22FNS/c1-13-8-5-6-11-16(13)21-17-14(9-7-10-15(17)19)12-20-18(2,3)4/h5-11,20H,12H2,1-4H3. The van der Waals surface area contributed by atoms with Crippen LogP contribution in [0.4, 0.5) is 4.39 Å². The second kappa shape index (κ2) is 6.63. The summed E-state index contributed by atoms with van der Waals surface area (Å²) in [4.78, 5) is 1.81. The Balaban J connectivity index is 2.28. The average molecular weight is 303 g/mol. The van der Waals surface area contributed by atoms with Crippen LogP contribution in [0.5, 0.6) is 0 Å². The lowest BCUT2D eigenvalue weighted by Crippen LogP contribution is -2.35. The summed E-state index contributed by atoms with van der Waals surface area (Å²) in [5.41, 5.74) is 2.18. The van der Waals surface area contributed by atoms with E-state index < -0.39 is 0 Å². The minimum Gasteiger partial charge on any atom is -0.308 e. The van der Waals surface area contributed by atoms with Gasteiger partial charge in [-0.05, 0) is 51.0 Å². The number of nitrogens with one attached hydrogen (secondary N) is 1. The number of hydrogen-bond donors (Lipinski definition) is 1. The predicted octanol–water partition coefficient (Wildman–Crippen LogP) is 5.17. The number of aryl methyl sites for hydroxylation is 1. The van der Waals surface area contributed by atoms with Gasteiger partial charge in [-0.1, -0.05) is 42.1 Å². The molecule has 3 heteroatoms. The molecule has 0 aromatic heterocycles. The molecule has 1 N–H and O–H groups in total. The fraction of sp³-hybridized carbons (Fsp3) is 0.333. The molecule has 0 fully saturated rings. The van der Waals surface area contributed by atoms with Crippen molar-refractivity contribution in [3.8, 4) is 0 Å². The van der Waals surface area contributed by atoms with Crippen LogP contribution in [0.25, 0.3) is 0 Å². The Bertz CT molecular complexity index is 617. The van der Waals surface area contributed by atoms with Gasteiger partial charge in [0.15, 0.2) is 0 Å². The number of benzene rings is 2.